The molecule has 0 radical (unpaired) electrons. The summed E-state index contributed by atoms with van der Waals surface area (Å²) in [6.45, 7) is 5.98. The maximum Gasteiger partial charge on any atom is 0.332 e. The monoisotopic (exact) mass is 243 g/mol. The van der Waals surface area contributed by atoms with E-state index in [2.05, 4.69) is 12.2 Å². The van der Waals surface area contributed by atoms with Crippen LogP contribution in [0.5, 0.6) is 0 Å². The Bertz CT molecular complexity index is 221. The van der Waals surface area contributed by atoms with Gasteiger partial charge in [-0.05, 0) is 25.7 Å². The van der Waals surface area contributed by atoms with Gasteiger partial charge < -0.3 is 14.8 Å². The number of hydrogen-bond acceptors (Lipinski definition) is 4. The fraction of sp³-hybridized carbons (Fsp3) is 0.923. The van der Waals surface area contributed by atoms with Gasteiger partial charge in [0.15, 0.2) is 0 Å². The fourth-order valence-electron chi connectivity index (χ4n) is 2.31. The van der Waals surface area contributed by atoms with Crippen LogP contribution in [-0.4, -0.2) is 38.4 Å². The minimum absolute atomic E-state index is 0.0661. The molecule has 1 fully saturated rings. The smallest absolute Gasteiger partial charge is 0.332 e. The number of esters is 1. The van der Waals surface area contributed by atoms with Gasteiger partial charge in [-0.15, -0.1) is 0 Å². The molecule has 100 valence electrons. The summed E-state index contributed by atoms with van der Waals surface area (Å²) in [5.74, 6) is 0.556. The second kappa shape index (κ2) is 8.48. The van der Waals surface area contributed by atoms with E-state index >= 15 is 0 Å². The van der Waals surface area contributed by atoms with Gasteiger partial charge in [-0.2, -0.15) is 0 Å². The first-order chi connectivity index (χ1) is 8.22. The molecule has 1 aliphatic rings. The molecule has 4 nitrogen and oxygen atoms in total. The molecule has 1 saturated carbocycles. The Morgan fingerprint density at radius 3 is 2.94 bits per heavy atom. The molecule has 0 heterocycles. The second-order valence-electron chi connectivity index (χ2n) is 4.78. The normalized spacial score (nSPS) is 24.6. The molecule has 1 rings (SSSR count). The summed E-state index contributed by atoms with van der Waals surface area (Å²) in [6, 6.07) is 0.630. The number of carbonyl (C=O) groups is 1. The van der Waals surface area contributed by atoms with Crippen molar-refractivity contribution in [3.63, 3.8) is 0 Å². The summed E-state index contributed by atoms with van der Waals surface area (Å²) >= 11 is 0. The van der Waals surface area contributed by atoms with Crippen molar-refractivity contribution in [2.24, 2.45) is 5.92 Å². The van der Waals surface area contributed by atoms with Crippen LogP contribution in [0, 0.1) is 5.92 Å². The largest absolute Gasteiger partial charge is 0.464 e. The van der Waals surface area contributed by atoms with E-state index < -0.39 is 0 Å². The Hall–Kier alpha value is -0.610. The zero-order valence-corrected chi connectivity index (χ0v) is 11.0. The SMILES string of the molecule is CCOC(=O)COCCNC1CCCC(C)C1. The number of nitrogens with one attached hydrogen (secondary N) is 1. The zero-order chi connectivity index (χ0) is 12.5. The third-order valence-electron chi connectivity index (χ3n) is 3.14. The molecule has 0 amide bonds. The highest BCUT2D eigenvalue weighted by atomic mass is 16.6. The van der Waals surface area contributed by atoms with Gasteiger partial charge >= 0.3 is 5.97 Å². The lowest BCUT2D eigenvalue weighted by Gasteiger charge is -2.27. The second-order valence-corrected chi connectivity index (χ2v) is 4.78. The highest BCUT2D eigenvalue weighted by Crippen LogP contribution is 2.23. The maximum atomic E-state index is 11.0. The van der Waals surface area contributed by atoms with Crippen LogP contribution in [-0.2, 0) is 14.3 Å². The van der Waals surface area contributed by atoms with E-state index in [1.165, 1.54) is 25.7 Å². The van der Waals surface area contributed by atoms with Crippen LogP contribution in [0.3, 0.4) is 0 Å². The Balaban J connectivity index is 1.95. The van der Waals surface area contributed by atoms with Crippen LogP contribution >= 0.6 is 0 Å². The van der Waals surface area contributed by atoms with Crippen LogP contribution < -0.4 is 5.32 Å². The Morgan fingerprint density at radius 2 is 2.24 bits per heavy atom. The van der Waals surface area contributed by atoms with Crippen molar-refractivity contribution in [2.75, 3.05) is 26.4 Å². The molecule has 0 bridgehead atoms. The standard InChI is InChI=1S/C13H25NO3/c1-3-17-13(15)10-16-8-7-14-12-6-4-5-11(2)9-12/h11-12,14H,3-10H2,1-2H3. The summed E-state index contributed by atoms with van der Waals surface area (Å²) in [4.78, 5) is 11.0. The topological polar surface area (TPSA) is 47.6 Å². The third-order valence-corrected chi connectivity index (χ3v) is 3.14. The molecule has 2 unspecified atom stereocenters. The van der Waals surface area contributed by atoms with E-state index in [-0.39, 0.29) is 12.6 Å². The van der Waals surface area contributed by atoms with Crippen molar-refractivity contribution < 1.29 is 14.3 Å². The first-order valence-corrected chi connectivity index (χ1v) is 6.69. The van der Waals surface area contributed by atoms with Crippen molar-refractivity contribution in [1.29, 1.82) is 0 Å². The third kappa shape index (κ3) is 6.64. The molecule has 0 aromatic carbocycles. The van der Waals surface area contributed by atoms with E-state index in [4.69, 9.17) is 9.47 Å². The summed E-state index contributed by atoms with van der Waals surface area (Å²) in [6.07, 6.45) is 5.21. The summed E-state index contributed by atoms with van der Waals surface area (Å²) < 4.78 is 10.00. The molecule has 0 spiro atoms. The van der Waals surface area contributed by atoms with Crippen molar-refractivity contribution in [3.8, 4) is 0 Å². The highest BCUT2D eigenvalue weighted by Gasteiger charge is 2.17. The molecule has 0 aromatic rings. The number of hydrogen-bond donors (Lipinski definition) is 1. The molecule has 2 atom stereocenters. The van der Waals surface area contributed by atoms with E-state index in [1.807, 2.05) is 0 Å². The van der Waals surface area contributed by atoms with Gasteiger partial charge in [0.05, 0.1) is 13.2 Å². The average Bonchev–Trinajstić information content (AvgIpc) is 2.29. The van der Waals surface area contributed by atoms with E-state index in [1.54, 1.807) is 6.92 Å². The van der Waals surface area contributed by atoms with Crippen LogP contribution in [0.25, 0.3) is 0 Å². The van der Waals surface area contributed by atoms with Crippen LogP contribution in [0.4, 0.5) is 0 Å². The average molecular weight is 243 g/mol. The quantitative estimate of drug-likeness (QED) is 0.546. The highest BCUT2D eigenvalue weighted by molar-refractivity contribution is 5.70. The Kier molecular flexibility index (Phi) is 7.21. The maximum absolute atomic E-state index is 11.0. The van der Waals surface area contributed by atoms with Crippen LogP contribution in [0.2, 0.25) is 0 Å². The molecular formula is C13H25NO3. The lowest BCUT2D eigenvalue weighted by Crippen LogP contribution is -2.35. The lowest BCUT2D eigenvalue weighted by atomic mass is 9.87. The minimum atomic E-state index is -0.279. The van der Waals surface area contributed by atoms with E-state index in [9.17, 15) is 4.79 Å². The van der Waals surface area contributed by atoms with Gasteiger partial charge in [-0.25, -0.2) is 4.79 Å². The molecule has 0 aromatic heterocycles. The van der Waals surface area contributed by atoms with Crippen molar-refractivity contribution in [3.05, 3.63) is 0 Å². The van der Waals surface area contributed by atoms with Crippen molar-refractivity contribution in [2.45, 2.75) is 45.6 Å². The van der Waals surface area contributed by atoms with Gasteiger partial charge in [0, 0.05) is 12.6 Å². The number of rotatable bonds is 7. The van der Waals surface area contributed by atoms with Crippen molar-refractivity contribution >= 4 is 5.97 Å². The van der Waals surface area contributed by atoms with E-state index in [0.29, 0.717) is 19.3 Å². The van der Waals surface area contributed by atoms with Gasteiger partial charge in [-0.1, -0.05) is 19.8 Å². The summed E-state index contributed by atoms with van der Waals surface area (Å²) in [7, 11) is 0. The number of ether oxygens (including phenoxy) is 2. The predicted octanol–water partition coefficient (Wildman–Crippen LogP) is 1.73. The van der Waals surface area contributed by atoms with E-state index in [0.717, 1.165) is 12.5 Å². The minimum Gasteiger partial charge on any atom is -0.464 e. The zero-order valence-electron chi connectivity index (χ0n) is 11.0. The Morgan fingerprint density at radius 1 is 1.41 bits per heavy atom. The summed E-state index contributed by atoms with van der Waals surface area (Å²) in [5, 5.41) is 3.48. The summed E-state index contributed by atoms with van der Waals surface area (Å²) in [5.41, 5.74) is 0. The van der Waals surface area contributed by atoms with Gasteiger partial charge in [0.1, 0.15) is 6.61 Å². The lowest BCUT2D eigenvalue weighted by molar-refractivity contribution is -0.148. The Labute approximate surface area is 104 Å². The predicted molar refractivity (Wildman–Crippen MR) is 66.9 cm³/mol. The fourth-order valence-corrected chi connectivity index (χ4v) is 2.31. The first-order valence-electron chi connectivity index (χ1n) is 6.69. The molecular weight excluding hydrogens is 218 g/mol. The van der Waals surface area contributed by atoms with Crippen LogP contribution in [0.1, 0.15) is 39.5 Å². The van der Waals surface area contributed by atoms with Crippen LogP contribution in [0.15, 0.2) is 0 Å². The molecule has 0 saturated heterocycles. The van der Waals surface area contributed by atoms with Gasteiger partial charge in [0.2, 0.25) is 0 Å². The first kappa shape index (κ1) is 14.5. The van der Waals surface area contributed by atoms with Gasteiger partial charge in [-0.3, -0.25) is 0 Å². The van der Waals surface area contributed by atoms with Gasteiger partial charge in [0.25, 0.3) is 0 Å². The molecule has 1 N–H and O–H groups in total. The van der Waals surface area contributed by atoms with Crippen molar-refractivity contribution in [1.82, 2.24) is 5.32 Å². The molecule has 4 heteroatoms. The molecule has 17 heavy (non-hydrogen) atoms. The number of carbonyl (C=O) groups excluding carboxylic acids is 1. The molecule has 1 aliphatic carbocycles. The molecule has 0 aliphatic heterocycles.